The third kappa shape index (κ3) is 8.86. The topological polar surface area (TPSA) is 110 Å². The van der Waals surface area contributed by atoms with Crippen LogP contribution in [0.5, 0.6) is 0 Å². The molecule has 288 valence electrons. The van der Waals surface area contributed by atoms with Crippen molar-refractivity contribution in [2.75, 3.05) is 23.7 Å². The van der Waals surface area contributed by atoms with Crippen LogP contribution in [0.2, 0.25) is 0 Å². The standard InChI is InChI=1S/2C21H17F2N5.CH4/c2*1-24-16-5-2-4-14(10-16)18-7-8-19(28-27-18)26-13-21(11-15(22)12-21)20-17(23)6-3-9-25-20;/h2*2-10,15H,11-13H2,(H,26,28);1H4. The van der Waals surface area contributed by atoms with Crippen LogP contribution in [-0.2, 0) is 10.8 Å². The van der Waals surface area contributed by atoms with Gasteiger partial charge >= 0.3 is 0 Å². The third-order valence-electron chi connectivity index (χ3n) is 10.1. The number of alkyl halides is 2. The van der Waals surface area contributed by atoms with Gasteiger partial charge < -0.3 is 10.6 Å². The van der Waals surface area contributed by atoms with E-state index in [4.69, 9.17) is 13.1 Å². The van der Waals surface area contributed by atoms with Gasteiger partial charge in [-0.05, 0) is 97.5 Å². The predicted octanol–water partition coefficient (Wildman–Crippen LogP) is 10.1. The first kappa shape index (κ1) is 39.9. The number of rotatable bonds is 10. The molecule has 2 aliphatic carbocycles. The molecule has 0 aliphatic heterocycles. The first-order valence-corrected chi connectivity index (χ1v) is 17.8. The fourth-order valence-corrected chi connectivity index (χ4v) is 7.12. The second-order valence-electron chi connectivity index (χ2n) is 13.9. The molecule has 0 spiro atoms. The summed E-state index contributed by atoms with van der Waals surface area (Å²) < 4.78 is 55.7. The SMILES string of the molecule is C.[C-]#[N+]c1cccc(-c2ccc(NCC3(c4ncccc4F)CC(F)C3)nn2)c1.[C-]#[N+]c1cccc(-c2ccc(NCC3(c4ncccc4F)CC(F)C3)nn2)c1. The molecule has 14 heteroatoms. The molecule has 0 atom stereocenters. The molecule has 6 aromatic rings. The third-order valence-corrected chi connectivity index (χ3v) is 10.1. The smallest absolute Gasteiger partial charge is 0.187 e. The number of nitrogens with one attached hydrogen (secondary N) is 2. The predicted molar refractivity (Wildman–Crippen MR) is 211 cm³/mol. The van der Waals surface area contributed by atoms with E-state index in [0.29, 0.717) is 47.5 Å². The Morgan fingerprint density at radius 2 is 1.00 bits per heavy atom. The molecule has 57 heavy (non-hydrogen) atoms. The van der Waals surface area contributed by atoms with Gasteiger partial charge in [0.05, 0.1) is 35.9 Å². The van der Waals surface area contributed by atoms with Crippen LogP contribution in [0, 0.1) is 24.8 Å². The van der Waals surface area contributed by atoms with Crippen LogP contribution in [0.25, 0.3) is 32.2 Å². The van der Waals surface area contributed by atoms with Crippen molar-refractivity contribution >= 4 is 23.0 Å². The van der Waals surface area contributed by atoms with E-state index in [1.54, 1.807) is 60.7 Å². The summed E-state index contributed by atoms with van der Waals surface area (Å²) in [7, 11) is 0. The summed E-state index contributed by atoms with van der Waals surface area (Å²) in [6.45, 7) is 14.8. The second kappa shape index (κ2) is 17.3. The van der Waals surface area contributed by atoms with E-state index in [9.17, 15) is 17.6 Å². The highest BCUT2D eigenvalue weighted by Crippen LogP contribution is 2.46. The Labute approximate surface area is 328 Å². The Hall–Kier alpha value is -6.80. The molecule has 8 rings (SSSR count). The molecule has 2 N–H and O–H groups in total. The highest BCUT2D eigenvalue weighted by Gasteiger charge is 2.49. The summed E-state index contributed by atoms with van der Waals surface area (Å²) in [5.41, 5.74) is 3.18. The highest BCUT2D eigenvalue weighted by molar-refractivity contribution is 5.66. The van der Waals surface area contributed by atoms with Crippen LogP contribution in [0.15, 0.2) is 109 Å². The molecule has 10 nitrogen and oxygen atoms in total. The van der Waals surface area contributed by atoms with Gasteiger partial charge in [0.1, 0.15) is 35.6 Å². The van der Waals surface area contributed by atoms with E-state index in [-0.39, 0.29) is 44.5 Å². The molecular weight excluding hydrogens is 733 g/mol. The Kier molecular flexibility index (Phi) is 12.1. The zero-order chi connectivity index (χ0) is 39.1. The van der Waals surface area contributed by atoms with Crippen molar-refractivity contribution in [1.82, 2.24) is 30.4 Å². The fraction of sp³-hybridized carbons (Fsp3) is 0.256. The minimum absolute atomic E-state index is 0. The van der Waals surface area contributed by atoms with Gasteiger partial charge in [0.2, 0.25) is 0 Å². The lowest BCUT2D eigenvalue weighted by molar-refractivity contribution is 0.0961. The maximum atomic E-state index is 14.2. The van der Waals surface area contributed by atoms with Crippen LogP contribution < -0.4 is 10.6 Å². The zero-order valence-electron chi connectivity index (χ0n) is 29.9. The number of pyridine rings is 2. The molecule has 0 bridgehead atoms. The second-order valence-corrected chi connectivity index (χ2v) is 13.9. The molecule has 2 aliphatic rings. The summed E-state index contributed by atoms with van der Waals surface area (Å²) in [4.78, 5) is 15.1. The van der Waals surface area contributed by atoms with Crippen LogP contribution in [0.1, 0.15) is 44.5 Å². The van der Waals surface area contributed by atoms with E-state index in [1.807, 2.05) is 12.1 Å². The summed E-state index contributed by atoms with van der Waals surface area (Å²) in [6, 6.07) is 27.1. The molecule has 2 aromatic carbocycles. The fourth-order valence-electron chi connectivity index (χ4n) is 7.12. The zero-order valence-corrected chi connectivity index (χ0v) is 29.9. The Balaban J connectivity index is 0.000000189. The molecule has 0 unspecified atom stereocenters. The summed E-state index contributed by atoms with van der Waals surface area (Å²) in [5.74, 6) is 0.195. The van der Waals surface area contributed by atoms with Gasteiger partial charge in [0, 0.05) is 36.3 Å². The summed E-state index contributed by atoms with van der Waals surface area (Å²) in [5, 5.41) is 23.0. The lowest BCUT2D eigenvalue weighted by atomic mass is 9.65. The van der Waals surface area contributed by atoms with Gasteiger partial charge in [-0.3, -0.25) is 9.97 Å². The Bertz CT molecular complexity index is 2220. The molecule has 0 saturated heterocycles. The van der Waals surface area contributed by atoms with Crippen molar-refractivity contribution in [3.63, 3.8) is 0 Å². The van der Waals surface area contributed by atoms with Crippen molar-refractivity contribution in [2.24, 2.45) is 0 Å². The number of hydrogen-bond acceptors (Lipinski definition) is 8. The van der Waals surface area contributed by atoms with E-state index < -0.39 is 34.8 Å². The van der Waals surface area contributed by atoms with Gasteiger partial charge in [-0.2, -0.15) is 0 Å². The molecule has 4 heterocycles. The number of anilines is 2. The van der Waals surface area contributed by atoms with Crippen LogP contribution >= 0.6 is 0 Å². The number of nitrogens with zero attached hydrogens (tertiary/aromatic N) is 8. The monoisotopic (exact) mass is 770 g/mol. The van der Waals surface area contributed by atoms with Gasteiger partial charge in [-0.15, -0.1) is 20.4 Å². The lowest BCUT2D eigenvalue weighted by Crippen LogP contribution is -2.49. The Morgan fingerprint density at radius 1 is 0.579 bits per heavy atom. The van der Waals surface area contributed by atoms with E-state index in [2.05, 4.69) is 50.7 Å². The van der Waals surface area contributed by atoms with Crippen LogP contribution in [0.3, 0.4) is 0 Å². The summed E-state index contributed by atoms with van der Waals surface area (Å²) in [6.07, 6.45) is 2.05. The summed E-state index contributed by atoms with van der Waals surface area (Å²) >= 11 is 0. The molecule has 4 aromatic heterocycles. The number of benzene rings is 2. The highest BCUT2D eigenvalue weighted by atomic mass is 19.1. The van der Waals surface area contributed by atoms with Crippen molar-refractivity contribution in [1.29, 1.82) is 0 Å². The van der Waals surface area contributed by atoms with Gasteiger partial charge in [-0.1, -0.05) is 43.8 Å². The van der Waals surface area contributed by atoms with Gasteiger partial charge in [-0.25, -0.2) is 27.3 Å². The molecule has 2 fully saturated rings. The van der Waals surface area contributed by atoms with Gasteiger partial charge in [0.25, 0.3) is 0 Å². The first-order valence-electron chi connectivity index (χ1n) is 17.8. The number of aromatic nitrogens is 6. The van der Waals surface area contributed by atoms with Crippen molar-refractivity contribution in [2.45, 2.75) is 56.3 Å². The lowest BCUT2D eigenvalue weighted by Gasteiger charge is -2.44. The van der Waals surface area contributed by atoms with Gasteiger partial charge in [0.15, 0.2) is 11.4 Å². The minimum atomic E-state index is -0.952. The molecule has 0 radical (unpaired) electrons. The number of halogens is 4. The molecule has 2 saturated carbocycles. The van der Waals surface area contributed by atoms with E-state index in [0.717, 1.165) is 11.1 Å². The van der Waals surface area contributed by atoms with Crippen molar-refractivity contribution in [3.05, 3.63) is 155 Å². The largest absolute Gasteiger partial charge is 0.368 e. The average Bonchev–Trinajstić information content (AvgIpc) is 3.21. The normalized spacial score (nSPS) is 20.5. The van der Waals surface area contributed by atoms with E-state index >= 15 is 0 Å². The van der Waals surface area contributed by atoms with Crippen molar-refractivity contribution in [3.8, 4) is 22.5 Å². The van der Waals surface area contributed by atoms with Crippen molar-refractivity contribution < 1.29 is 17.6 Å². The quantitative estimate of drug-likeness (QED) is 0.105. The Morgan fingerprint density at radius 3 is 1.33 bits per heavy atom. The maximum absolute atomic E-state index is 14.2. The first-order chi connectivity index (χ1) is 27.2. The van der Waals surface area contributed by atoms with Crippen LogP contribution in [-0.4, -0.2) is 55.8 Å². The number of hydrogen-bond donors (Lipinski definition) is 2. The minimum Gasteiger partial charge on any atom is -0.368 e. The maximum Gasteiger partial charge on any atom is 0.187 e. The average molecular weight is 771 g/mol. The molecular formula is C43H38F4N10. The molecule has 0 amide bonds. The van der Waals surface area contributed by atoms with Crippen LogP contribution in [0.4, 0.5) is 40.6 Å². The van der Waals surface area contributed by atoms with E-state index in [1.165, 1.54) is 36.7 Å².